The minimum Gasteiger partial charge on any atom is -0.381 e. The van der Waals surface area contributed by atoms with Crippen LogP contribution >= 0.6 is 0 Å². The first-order valence-corrected chi connectivity index (χ1v) is 10.0. The lowest BCUT2D eigenvalue weighted by atomic mass is 10.1. The molecule has 1 nitrogen and oxygen atoms in total. The lowest BCUT2D eigenvalue weighted by Gasteiger charge is -2.05. The van der Waals surface area contributed by atoms with E-state index < -0.39 is 0 Å². The summed E-state index contributed by atoms with van der Waals surface area (Å²) < 4.78 is 5.73. The third kappa shape index (κ3) is 13.3. The van der Waals surface area contributed by atoms with Crippen molar-refractivity contribution in [2.45, 2.75) is 90.4 Å². The molecule has 0 unspecified atom stereocenters. The number of hydrogen-bond donors (Lipinski definition) is 0. The molecular weight excluding hydrogens is 280 g/mol. The zero-order valence-corrected chi connectivity index (χ0v) is 15.4. The first kappa shape index (κ1) is 20.2. The van der Waals surface area contributed by atoms with E-state index in [0.717, 1.165) is 19.6 Å². The van der Waals surface area contributed by atoms with Crippen LogP contribution in [0.3, 0.4) is 0 Å². The topological polar surface area (TPSA) is 9.23 Å². The van der Waals surface area contributed by atoms with Gasteiger partial charge in [0.2, 0.25) is 0 Å². The fourth-order valence-electron chi connectivity index (χ4n) is 2.98. The number of hydrogen-bond acceptors (Lipinski definition) is 1. The van der Waals surface area contributed by atoms with Crippen LogP contribution in [0.2, 0.25) is 0 Å². The second-order valence-corrected chi connectivity index (χ2v) is 6.74. The van der Waals surface area contributed by atoms with Crippen LogP contribution in [0.15, 0.2) is 30.3 Å². The molecule has 0 radical (unpaired) electrons. The molecule has 0 bridgehead atoms. The molecule has 0 atom stereocenters. The molecule has 0 aromatic heterocycles. The molecule has 1 heteroatoms. The van der Waals surface area contributed by atoms with Crippen LogP contribution in [0.1, 0.15) is 89.5 Å². The number of ether oxygens (including phenoxy) is 1. The Morgan fingerprint density at radius 3 is 1.70 bits per heavy atom. The summed E-state index contributed by atoms with van der Waals surface area (Å²) in [5.74, 6) is 0. The van der Waals surface area contributed by atoms with E-state index in [0.29, 0.717) is 0 Å². The fraction of sp³-hybridized carbons (Fsp3) is 0.727. The fourth-order valence-corrected chi connectivity index (χ4v) is 2.98. The number of unbranched alkanes of at least 4 members (excludes halogenated alkanes) is 11. The highest BCUT2D eigenvalue weighted by atomic mass is 16.5. The van der Waals surface area contributed by atoms with Crippen molar-refractivity contribution in [3.63, 3.8) is 0 Å². The van der Waals surface area contributed by atoms with Crippen LogP contribution in [0.4, 0.5) is 0 Å². The Morgan fingerprint density at radius 1 is 0.609 bits per heavy atom. The van der Waals surface area contributed by atoms with Crippen LogP contribution in [-0.2, 0) is 11.2 Å². The Hall–Kier alpha value is -0.820. The highest BCUT2D eigenvalue weighted by Crippen LogP contribution is 2.12. The number of benzene rings is 1. The average molecular weight is 319 g/mol. The van der Waals surface area contributed by atoms with Crippen LogP contribution in [0.5, 0.6) is 0 Å². The zero-order chi connectivity index (χ0) is 16.4. The minimum absolute atomic E-state index is 0.863. The minimum atomic E-state index is 0.863. The van der Waals surface area contributed by atoms with Gasteiger partial charge < -0.3 is 4.74 Å². The van der Waals surface area contributed by atoms with E-state index in [9.17, 15) is 0 Å². The van der Waals surface area contributed by atoms with Gasteiger partial charge in [0, 0.05) is 6.61 Å². The van der Waals surface area contributed by atoms with Crippen LogP contribution in [0, 0.1) is 0 Å². The van der Waals surface area contributed by atoms with Crippen molar-refractivity contribution in [1.82, 2.24) is 0 Å². The normalized spacial score (nSPS) is 11.0. The molecule has 0 amide bonds. The molecule has 1 rings (SSSR count). The molecule has 0 spiro atoms. The summed E-state index contributed by atoms with van der Waals surface area (Å²) >= 11 is 0. The predicted octanol–water partition coefficient (Wildman–Crippen LogP) is 6.95. The molecule has 0 saturated heterocycles. The quantitative estimate of drug-likeness (QED) is 0.300. The Morgan fingerprint density at radius 2 is 1.13 bits per heavy atom. The van der Waals surface area contributed by atoms with Crippen molar-refractivity contribution in [2.24, 2.45) is 0 Å². The maximum Gasteiger partial charge on any atom is 0.0506 e. The van der Waals surface area contributed by atoms with Gasteiger partial charge >= 0.3 is 0 Å². The van der Waals surface area contributed by atoms with Crippen molar-refractivity contribution in [3.8, 4) is 0 Å². The third-order valence-corrected chi connectivity index (χ3v) is 4.52. The van der Waals surface area contributed by atoms with Crippen LogP contribution < -0.4 is 0 Å². The molecule has 0 saturated carbocycles. The van der Waals surface area contributed by atoms with E-state index in [1.807, 2.05) is 0 Å². The summed E-state index contributed by atoms with van der Waals surface area (Å²) in [6, 6.07) is 10.6. The highest BCUT2D eigenvalue weighted by molar-refractivity contribution is 5.14. The molecule has 0 fully saturated rings. The third-order valence-electron chi connectivity index (χ3n) is 4.52. The number of rotatable bonds is 16. The van der Waals surface area contributed by atoms with Crippen molar-refractivity contribution >= 4 is 0 Å². The summed E-state index contributed by atoms with van der Waals surface area (Å²) in [6.07, 6.45) is 17.9. The predicted molar refractivity (Wildman–Crippen MR) is 102 cm³/mol. The van der Waals surface area contributed by atoms with Crippen molar-refractivity contribution in [3.05, 3.63) is 35.9 Å². The van der Waals surface area contributed by atoms with E-state index >= 15 is 0 Å². The summed E-state index contributed by atoms with van der Waals surface area (Å²) in [6.45, 7) is 4.08. The summed E-state index contributed by atoms with van der Waals surface area (Å²) in [5.41, 5.74) is 1.38. The standard InChI is InChI=1S/C22H38O/c1-2-3-4-5-6-7-8-9-10-11-12-16-20-23-21-19-22-17-14-13-15-18-22/h13-15,17-18H,2-12,16,19-21H2,1H3. The molecule has 0 aliphatic carbocycles. The monoisotopic (exact) mass is 318 g/mol. The molecule has 0 heterocycles. The Labute approximate surface area is 144 Å². The first-order chi connectivity index (χ1) is 11.4. The smallest absolute Gasteiger partial charge is 0.0506 e. The van der Waals surface area contributed by atoms with Crippen LogP contribution in [-0.4, -0.2) is 13.2 Å². The van der Waals surface area contributed by atoms with Gasteiger partial charge in [0.25, 0.3) is 0 Å². The Bertz CT molecular complexity index is 333. The maximum absolute atomic E-state index is 5.73. The SMILES string of the molecule is CCCCCCCCCCCCCCOCCc1ccccc1. The second kappa shape index (κ2) is 16.1. The molecule has 1 aromatic carbocycles. The van der Waals surface area contributed by atoms with Crippen molar-refractivity contribution in [2.75, 3.05) is 13.2 Å². The lowest BCUT2D eigenvalue weighted by Crippen LogP contribution is -2.00. The molecule has 0 aliphatic heterocycles. The van der Waals surface area contributed by atoms with Crippen molar-refractivity contribution < 1.29 is 4.74 Å². The van der Waals surface area contributed by atoms with Gasteiger partial charge in [-0.3, -0.25) is 0 Å². The Kier molecular flexibility index (Phi) is 14.1. The molecule has 1 aromatic rings. The van der Waals surface area contributed by atoms with E-state index in [1.54, 1.807) is 0 Å². The molecule has 23 heavy (non-hydrogen) atoms. The average Bonchev–Trinajstić information content (AvgIpc) is 2.59. The first-order valence-electron chi connectivity index (χ1n) is 10.0. The van der Waals surface area contributed by atoms with E-state index in [-0.39, 0.29) is 0 Å². The summed E-state index contributed by atoms with van der Waals surface area (Å²) in [7, 11) is 0. The van der Waals surface area contributed by atoms with Gasteiger partial charge in [-0.1, -0.05) is 108 Å². The van der Waals surface area contributed by atoms with E-state index in [1.165, 1.54) is 82.6 Å². The van der Waals surface area contributed by atoms with Gasteiger partial charge in [-0.2, -0.15) is 0 Å². The summed E-state index contributed by atoms with van der Waals surface area (Å²) in [5, 5.41) is 0. The van der Waals surface area contributed by atoms with Gasteiger partial charge in [-0.15, -0.1) is 0 Å². The summed E-state index contributed by atoms with van der Waals surface area (Å²) in [4.78, 5) is 0. The molecular formula is C22H38O. The molecule has 0 N–H and O–H groups in total. The van der Waals surface area contributed by atoms with Gasteiger partial charge in [0.15, 0.2) is 0 Å². The zero-order valence-electron chi connectivity index (χ0n) is 15.4. The maximum atomic E-state index is 5.73. The van der Waals surface area contributed by atoms with E-state index in [4.69, 9.17) is 4.74 Å². The van der Waals surface area contributed by atoms with Crippen molar-refractivity contribution in [1.29, 1.82) is 0 Å². The lowest BCUT2D eigenvalue weighted by molar-refractivity contribution is 0.133. The molecule has 0 aliphatic rings. The van der Waals surface area contributed by atoms with Gasteiger partial charge in [-0.05, 0) is 18.4 Å². The second-order valence-electron chi connectivity index (χ2n) is 6.74. The van der Waals surface area contributed by atoms with Gasteiger partial charge in [0.1, 0.15) is 0 Å². The van der Waals surface area contributed by atoms with Crippen LogP contribution in [0.25, 0.3) is 0 Å². The van der Waals surface area contributed by atoms with E-state index in [2.05, 4.69) is 37.3 Å². The highest BCUT2D eigenvalue weighted by Gasteiger charge is 1.95. The molecule has 132 valence electrons. The Balaban J connectivity index is 1.72. The largest absolute Gasteiger partial charge is 0.381 e. The van der Waals surface area contributed by atoms with Gasteiger partial charge in [-0.25, -0.2) is 0 Å². The van der Waals surface area contributed by atoms with Gasteiger partial charge in [0.05, 0.1) is 6.61 Å².